The molecule has 100 valence electrons. The van der Waals surface area contributed by atoms with Crippen molar-refractivity contribution in [3.05, 3.63) is 11.9 Å². The second kappa shape index (κ2) is 7.75. The van der Waals surface area contributed by atoms with E-state index in [9.17, 15) is 9.59 Å². The molecular weight excluding hydrogens is 256 g/mol. The van der Waals surface area contributed by atoms with Crippen molar-refractivity contribution in [1.29, 1.82) is 0 Å². The normalized spacial score (nSPS) is 10.1. The number of thioether (sulfide) groups is 1. The number of aromatic nitrogens is 2. The van der Waals surface area contributed by atoms with Crippen molar-refractivity contribution in [2.75, 3.05) is 19.0 Å². The summed E-state index contributed by atoms with van der Waals surface area (Å²) in [6.07, 6.45) is 1.73. The van der Waals surface area contributed by atoms with Gasteiger partial charge >= 0.3 is 11.9 Å². The minimum atomic E-state index is -0.428. The van der Waals surface area contributed by atoms with Crippen LogP contribution in [0, 0.1) is 0 Å². The van der Waals surface area contributed by atoms with Crippen LogP contribution in [-0.2, 0) is 14.3 Å². The summed E-state index contributed by atoms with van der Waals surface area (Å²) in [5, 5.41) is 0.586. The van der Waals surface area contributed by atoms with E-state index >= 15 is 0 Å². The van der Waals surface area contributed by atoms with Gasteiger partial charge in [-0.25, -0.2) is 9.78 Å². The molecule has 7 heteroatoms. The van der Waals surface area contributed by atoms with Gasteiger partial charge in [-0.05, 0) is 13.8 Å². The minimum absolute atomic E-state index is 0.234. The number of aromatic amines is 1. The molecule has 0 fully saturated rings. The number of rotatable bonds is 7. The summed E-state index contributed by atoms with van der Waals surface area (Å²) in [6, 6.07) is 0. The fourth-order valence-corrected chi connectivity index (χ4v) is 1.92. The van der Waals surface area contributed by atoms with Gasteiger partial charge < -0.3 is 14.5 Å². The molecule has 6 nitrogen and oxygen atoms in total. The minimum Gasteiger partial charge on any atom is -0.466 e. The van der Waals surface area contributed by atoms with Crippen molar-refractivity contribution in [2.45, 2.75) is 25.4 Å². The highest BCUT2D eigenvalue weighted by molar-refractivity contribution is 7.99. The SMILES string of the molecule is CCOC(=O)CCSc1ncc(C(=O)OCC)[nH]1. The third-order valence-corrected chi connectivity index (χ3v) is 2.79. The van der Waals surface area contributed by atoms with E-state index in [1.165, 1.54) is 18.0 Å². The fraction of sp³-hybridized carbons (Fsp3) is 0.545. The number of esters is 2. The van der Waals surface area contributed by atoms with Gasteiger partial charge in [0, 0.05) is 5.75 Å². The van der Waals surface area contributed by atoms with E-state index in [4.69, 9.17) is 9.47 Å². The van der Waals surface area contributed by atoms with E-state index in [2.05, 4.69) is 9.97 Å². The Kier molecular flexibility index (Phi) is 6.27. The first-order chi connectivity index (χ1) is 8.67. The summed E-state index contributed by atoms with van der Waals surface area (Å²) in [6.45, 7) is 4.22. The number of hydrogen-bond acceptors (Lipinski definition) is 6. The van der Waals surface area contributed by atoms with Crippen LogP contribution < -0.4 is 0 Å². The smallest absolute Gasteiger partial charge is 0.356 e. The van der Waals surface area contributed by atoms with Gasteiger partial charge in [-0.15, -0.1) is 0 Å². The van der Waals surface area contributed by atoms with Crippen LogP contribution in [0.25, 0.3) is 0 Å². The Morgan fingerprint density at radius 2 is 2.06 bits per heavy atom. The van der Waals surface area contributed by atoms with Crippen LogP contribution in [0.5, 0.6) is 0 Å². The van der Waals surface area contributed by atoms with E-state index < -0.39 is 5.97 Å². The molecule has 1 N–H and O–H groups in total. The van der Waals surface area contributed by atoms with Crippen LogP contribution in [0.3, 0.4) is 0 Å². The average Bonchev–Trinajstić information content (AvgIpc) is 2.78. The lowest BCUT2D eigenvalue weighted by atomic mass is 10.5. The Morgan fingerprint density at radius 3 is 2.72 bits per heavy atom. The fourth-order valence-electron chi connectivity index (χ4n) is 1.15. The zero-order chi connectivity index (χ0) is 13.4. The predicted molar refractivity (Wildman–Crippen MR) is 66.5 cm³/mol. The Labute approximate surface area is 109 Å². The summed E-state index contributed by atoms with van der Waals surface area (Å²) in [7, 11) is 0. The van der Waals surface area contributed by atoms with Crippen molar-refractivity contribution in [1.82, 2.24) is 9.97 Å². The summed E-state index contributed by atoms with van der Waals surface area (Å²) in [5.41, 5.74) is 0.315. The van der Waals surface area contributed by atoms with Gasteiger partial charge in [0.25, 0.3) is 0 Å². The third-order valence-electron chi connectivity index (χ3n) is 1.90. The maximum Gasteiger partial charge on any atom is 0.356 e. The molecule has 0 aliphatic heterocycles. The molecule has 0 aliphatic rings. The quantitative estimate of drug-likeness (QED) is 0.600. The molecule has 0 aliphatic carbocycles. The van der Waals surface area contributed by atoms with Crippen LogP contribution in [0.15, 0.2) is 11.4 Å². The molecule has 0 spiro atoms. The zero-order valence-corrected chi connectivity index (χ0v) is 11.2. The third kappa shape index (κ3) is 4.79. The molecule has 1 rings (SSSR count). The van der Waals surface area contributed by atoms with Gasteiger partial charge in [0.1, 0.15) is 5.69 Å². The summed E-state index contributed by atoms with van der Waals surface area (Å²) >= 11 is 1.36. The van der Waals surface area contributed by atoms with Gasteiger partial charge in [-0.1, -0.05) is 11.8 Å². The largest absolute Gasteiger partial charge is 0.466 e. The summed E-state index contributed by atoms with van der Waals surface area (Å²) < 4.78 is 9.62. The van der Waals surface area contributed by atoms with Gasteiger partial charge in [0.15, 0.2) is 5.16 Å². The van der Waals surface area contributed by atoms with Crippen LogP contribution in [0.1, 0.15) is 30.8 Å². The molecule has 0 saturated carbocycles. The molecule has 18 heavy (non-hydrogen) atoms. The van der Waals surface area contributed by atoms with Crippen molar-refractivity contribution in [3.8, 4) is 0 Å². The Balaban J connectivity index is 2.35. The van der Waals surface area contributed by atoms with Gasteiger partial charge in [-0.3, -0.25) is 4.79 Å². The second-order valence-corrected chi connectivity index (χ2v) is 4.31. The van der Waals surface area contributed by atoms with Crippen molar-refractivity contribution in [2.24, 2.45) is 0 Å². The van der Waals surface area contributed by atoms with Crippen LogP contribution in [0.2, 0.25) is 0 Å². The van der Waals surface area contributed by atoms with Crippen LogP contribution in [0.4, 0.5) is 0 Å². The van der Waals surface area contributed by atoms with E-state index in [1.807, 2.05) is 0 Å². The lowest BCUT2D eigenvalue weighted by molar-refractivity contribution is -0.142. The van der Waals surface area contributed by atoms with E-state index in [0.29, 0.717) is 36.2 Å². The standard InChI is InChI=1S/C11H16N2O4S/c1-3-16-9(14)5-6-18-11-12-7-8(13-11)10(15)17-4-2/h7H,3-6H2,1-2H3,(H,12,13). The summed E-state index contributed by atoms with van der Waals surface area (Å²) in [4.78, 5) is 29.3. The molecule has 0 unspecified atom stereocenters. The maximum absolute atomic E-state index is 11.3. The molecule has 0 radical (unpaired) electrons. The predicted octanol–water partition coefficient (Wildman–Crippen LogP) is 1.63. The maximum atomic E-state index is 11.3. The average molecular weight is 272 g/mol. The molecule has 0 atom stereocenters. The van der Waals surface area contributed by atoms with Crippen molar-refractivity contribution >= 4 is 23.7 Å². The highest BCUT2D eigenvalue weighted by atomic mass is 32.2. The molecule has 1 aromatic heterocycles. The summed E-state index contributed by atoms with van der Waals surface area (Å²) in [5.74, 6) is -0.112. The van der Waals surface area contributed by atoms with E-state index in [0.717, 1.165) is 0 Å². The van der Waals surface area contributed by atoms with Crippen molar-refractivity contribution in [3.63, 3.8) is 0 Å². The molecule has 1 aromatic rings. The second-order valence-electron chi connectivity index (χ2n) is 3.23. The van der Waals surface area contributed by atoms with E-state index in [-0.39, 0.29) is 5.97 Å². The van der Waals surface area contributed by atoms with E-state index in [1.54, 1.807) is 13.8 Å². The highest BCUT2D eigenvalue weighted by Gasteiger charge is 2.11. The molecule has 1 heterocycles. The number of carbonyl (C=O) groups is 2. The molecule has 0 bridgehead atoms. The number of ether oxygens (including phenoxy) is 2. The lowest BCUT2D eigenvalue weighted by Crippen LogP contribution is -2.05. The van der Waals surface area contributed by atoms with Crippen LogP contribution >= 0.6 is 11.8 Å². The number of nitrogens with one attached hydrogen (secondary N) is 1. The Hall–Kier alpha value is -1.50. The molecule has 0 amide bonds. The molecule has 0 saturated heterocycles. The number of nitrogens with zero attached hydrogens (tertiary/aromatic N) is 1. The number of hydrogen-bond donors (Lipinski definition) is 1. The molecular formula is C11H16N2O4S. The van der Waals surface area contributed by atoms with Crippen LogP contribution in [-0.4, -0.2) is 40.9 Å². The molecule has 0 aromatic carbocycles. The Bertz CT molecular complexity index is 406. The number of H-pyrrole nitrogens is 1. The first-order valence-electron chi connectivity index (χ1n) is 5.67. The van der Waals surface area contributed by atoms with Gasteiger partial charge in [-0.2, -0.15) is 0 Å². The highest BCUT2D eigenvalue weighted by Crippen LogP contribution is 2.15. The topological polar surface area (TPSA) is 81.3 Å². The van der Waals surface area contributed by atoms with Gasteiger partial charge in [0.2, 0.25) is 0 Å². The number of carbonyl (C=O) groups excluding carboxylic acids is 2. The zero-order valence-electron chi connectivity index (χ0n) is 10.4. The first kappa shape index (κ1) is 14.6. The van der Waals surface area contributed by atoms with Gasteiger partial charge in [0.05, 0.1) is 25.8 Å². The monoisotopic (exact) mass is 272 g/mol. The number of imidazole rings is 1. The Morgan fingerprint density at radius 1 is 1.33 bits per heavy atom. The lowest BCUT2D eigenvalue weighted by Gasteiger charge is -2.00. The first-order valence-corrected chi connectivity index (χ1v) is 6.66. The van der Waals surface area contributed by atoms with Crippen molar-refractivity contribution < 1.29 is 19.1 Å².